The van der Waals surface area contributed by atoms with Crippen LogP contribution in [0.1, 0.15) is 19.4 Å². The Kier molecular flexibility index (Phi) is 4.55. The molecule has 2 N–H and O–H groups in total. The highest BCUT2D eigenvalue weighted by atomic mass is 79.9. The van der Waals surface area contributed by atoms with Gasteiger partial charge in [0.25, 0.3) is 0 Å². The van der Waals surface area contributed by atoms with Gasteiger partial charge in [-0.2, -0.15) is 5.10 Å². The van der Waals surface area contributed by atoms with E-state index in [9.17, 15) is 0 Å². The minimum Gasteiger partial charge on any atom is -0.312 e. The van der Waals surface area contributed by atoms with Gasteiger partial charge in [-0.1, -0.05) is 41.9 Å². The highest BCUT2D eigenvalue weighted by molar-refractivity contribution is 9.10. The van der Waals surface area contributed by atoms with E-state index in [1.165, 1.54) is 5.56 Å². The number of nitrogens with zero attached hydrogens (tertiary/aromatic N) is 1. The van der Waals surface area contributed by atoms with Gasteiger partial charge in [-0.05, 0) is 24.6 Å². The lowest BCUT2D eigenvalue weighted by molar-refractivity contribution is 0.553. The molecular formula is C14H18BrN3. The molecule has 0 aliphatic rings. The van der Waals surface area contributed by atoms with Gasteiger partial charge in [-0.3, -0.25) is 5.10 Å². The maximum Gasteiger partial charge on any atom is 0.0695 e. The summed E-state index contributed by atoms with van der Waals surface area (Å²) >= 11 is 3.49. The summed E-state index contributed by atoms with van der Waals surface area (Å²) in [5.41, 5.74) is 3.45. The molecule has 0 amide bonds. The van der Waals surface area contributed by atoms with Crippen molar-refractivity contribution in [1.29, 1.82) is 0 Å². The maximum absolute atomic E-state index is 4.15. The first-order chi connectivity index (χ1) is 8.66. The van der Waals surface area contributed by atoms with Gasteiger partial charge in [0.2, 0.25) is 0 Å². The van der Waals surface area contributed by atoms with Gasteiger partial charge < -0.3 is 5.32 Å². The summed E-state index contributed by atoms with van der Waals surface area (Å²) in [5, 5.41) is 10.7. The lowest BCUT2D eigenvalue weighted by Gasteiger charge is -2.08. The zero-order chi connectivity index (χ0) is 13.0. The molecule has 0 aliphatic heterocycles. The maximum atomic E-state index is 4.15. The van der Waals surface area contributed by atoms with Gasteiger partial charge in [-0.15, -0.1) is 0 Å². The Morgan fingerprint density at radius 3 is 2.94 bits per heavy atom. The molecule has 18 heavy (non-hydrogen) atoms. The van der Waals surface area contributed by atoms with E-state index in [-0.39, 0.29) is 0 Å². The van der Waals surface area contributed by atoms with Crippen LogP contribution in [0.25, 0.3) is 11.3 Å². The molecule has 0 unspecified atom stereocenters. The van der Waals surface area contributed by atoms with Gasteiger partial charge in [-0.25, -0.2) is 0 Å². The molecule has 0 aliphatic carbocycles. The number of hydrogen-bond donors (Lipinski definition) is 2. The van der Waals surface area contributed by atoms with Crippen molar-refractivity contribution in [1.82, 2.24) is 15.5 Å². The Labute approximate surface area is 116 Å². The van der Waals surface area contributed by atoms with Crippen LogP contribution in [0.3, 0.4) is 0 Å². The number of halogens is 1. The topological polar surface area (TPSA) is 40.7 Å². The van der Waals surface area contributed by atoms with Crippen LogP contribution in [0, 0.1) is 5.92 Å². The molecule has 4 heteroatoms. The molecule has 1 heterocycles. The first kappa shape index (κ1) is 13.3. The zero-order valence-electron chi connectivity index (χ0n) is 10.7. The van der Waals surface area contributed by atoms with Crippen molar-refractivity contribution >= 4 is 15.9 Å². The number of rotatable bonds is 5. The number of hydrogen-bond acceptors (Lipinski definition) is 2. The van der Waals surface area contributed by atoms with Crippen LogP contribution in [0.15, 0.2) is 34.9 Å². The molecular weight excluding hydrogens is 290 g/mol. The van der Waals surface area contributed by atoms with Crippen LogP contribution in [-0.4, -0.2) is 16.7 Å². The van der Waals surface area contributed by atoms with E-state index in [0.717, 1.165) is 28.8 Å². The molecule has 0 saturated carbocycles. The lowest BCUT2D eigenvalue weighted by Crippen LogP contribution is -2.19. The van der Waals surface area contributed by atoms with E-state index in [1.807, 2.05) is 18.3 Å². The normalized spacial score (nSPS) is 11.1. The Morgan fingerprint density at radius 2 is 2.22 bits per heavy atom. The average Bonchev–Trinajstić information content (AvgIpc) is 2.77. The monoisotopic (exact) mass is 307 g/mol. The molecule has 0 bridgehead atoms. The number of aromatic nitrogens is 2. The first-order valence-corrected chi connectivity index (χ1v) is 6.95. The Balaban J connectivity index is 2.12. The molecule has 2 rings (SSSR count). The molecule has 0 spiro atoms. The molecule has 1 aromatic carbocycles. The summed E-state index contributed by atoms with van der Waals surface area (Å²) < 4.78 is 1.08. The van der Waals surface area contributed by atoms with Crippen molar-refractivity contribution in [2.45, 2.75) is 20.4 Å². The third kappa shape index (κ3) is 3.43. The molecule has 0 saturated heterocycles. The van der Waals surface area contributed by atoms with Crippen molar-refractivity contribution in [2.75, 3.05) is 6.54 Å². The van der Waals surface area contributed by atoms with Crippen LogP contribution in [0.5, 0.6) is 0 Å². The SMILES string of the molecule is CC(C)CNCc1cn[nH]c1-c1cccc(Br)c1. The average molecular weight is 308 g/mol. The van der Waals surface area contributed by atoms with Crippen molar-refractivity contribution in [3.05, 3.63) is 40.5 Å². The van der Waals surface area contributed by atoms with Gasteiger partial charge >= 0.3 is 0 Å². The quantitative estimate of drug-likeness (QED) is 0.886. The van der Waals surface area contributed by atoms with Gasteiger partial charge in [0, 0.05) is 22.1 Å². The Bertz CT molecular complexity index is 505. The second-order valence-electron chi connectivity index (χ2n) is 4.81. The van der Waals surface area contributed by atoms with Gasteiger partial charge in [0.15, 0.2) is 0 Å². The van der Waals surface area contributed by atoms with Crippen molar-refractivity contribution < 1.29 is 0 Å². The molecule has 96 valence electrons. The standard InChI is InChI=1S/C14H18BrN3/c1-10(2)7-16-8-12-9-17-18-14(12)11-4-3-5-13(15)6-11/h3-6,9-10,16H,7-8H2,1-2H3,(H,17,18). The van der Waals surface area contributed by atoms with Crippen molar-refractivity contribution in [3.8, 4) is 11.3 Å². The summed E-state index contributed by atoms with van der Waals surface area (Å²) in [6.45, 7) is 6.27. The Hall–Kier alpha value is -1.13. The summed E-state index contributed by atoms with van der Waals surface area (Å²) in [5.74, 6) is 0.659. The molecule has 3 nitrogen and oxygen atoms in total. The van der Waals surface area contributed by atoms with Crippen LogP contribution in [0.4, 0.5) is 0 Å². The predicted molar refractivity (Wildman–Crippen MR) is 78.3 cm³/mol. The largest absolute Gasteiger partial charge is 0.312 e. The molecule has 0 fully saturated rings. The van der Waals surface area contributed by atoms with Crippen LogP contribution >= 0.6 is 15.9 Å². The number of H-pyrrole nitrogens is 1. The van der Waals surface area contributed by atoms with Crippen molar-refractivity contribution in [2.24, 2.45) is 5.92 Å². The summed E-state index contributed by atoms with van der Waals surface area (Å²) in [6.07, 6.45) is 1.89. The van der Waals surface area contributed by atoms with Crippen LogP contribution < -0.4 is 5.32 Å². The van der Waals surface area contributed by atoms with Gasteiger partial charge in [0.1, 0.15) is 0 Å². The highest BCUT2D eigenvalue weighted by Crippen LogP contribution is 2.24. The summed E-state index contributed by atoms with van der Waals surface area (Å²) in [7, 11) is 0. The fraction of sp³-hybridized carbons (Fsp3) is 0.357. The highest BCUT2D eigenvalue weighted by Gasteiger charge is 2.07. The van der Waals surface area contributed by atoms with E-state index in [1.54, 1.807) is 0 Å². The van der Waals surface area contributed by atoms with Crippen LogP contribution in [-0.2, 0) is 6.54 Å². The van der Waals surface area contributed by atoms with E-state index in [2.05, 4.69) is 57.4 Å². The van der Waals surface area contributed by atoms with E-state index in [0.29, 0.717) is 5.92 Å². The second-order valence-corrected chi connectivity index (χ2v) is 5.72. The van der Waals surface area contributed by atoms with Crippen molar-refractivity contribution in [3.63, 3.8) is 0 Å². The minimum atomic E-state index is 0.659. The summed E-state index contributed by atoms with van der Waals surface area (Å²) in [4.78, 5) is 0. The molecule has 0 atom stereocenters. The fourth-order valence-electron chi connectivity index (χ4n) is 1.83. The van der Waals surface area contributed by atoms with E-state index < -0.39 is 0 Å². The van der Waals surface area contributed by atoms with Crippen LogP contribution in [0.2, 0.25) is 0 Å². The fourth-order valence-corrected chi connectivity index (χ4v) is 2.23. The molecule has 1 aromatic heterocycles. The molecule has 2 aromatic rings. The van der Waals surface area contributed by atoms with E-state index in [4.69, 9.17) is 0 Å². The third-order valence-electron chi connectivity index (χ3n) is 2.70. The molecule has 0 radical (unpaired) electrons. The number of aromatic amines is 1. The van der Waals surface area contributed by atoms with Gasteiger partial charge in [0.05, 0.1) is 11.9 Å². The first-order valence-electron chi connectivity index (χ1n) is 6.15. The predicted octanol–water partition coefficient (Wildman–Crippen LogP) is 3.58. The number of nitrogens with one attached hydrogen (secondary N) is 2. The van der Waals surface area contributed by atoms with E-state index >= 15 is 0 Å². The number of benzene rings is 1. The zero-order valence-corrected chi connectivity index (χ0v) is 12.3. The summed E-state index contributed by atoms with van der Waals surface area (Å²) in [6, 6.07) is 8.24. The minimum absolute atomic E-state index is 0.659. The lowest BCUT2D eigenvalue weighted by atomic mass is 10.1. The Morgan fingerprint density at radius 1 is 1.39 bits per heavy atom. The third-order valence-corrected chi connectivity index (χ3v) is 3.19. The smallest absolute Gasteiger partial charge is 0.0695 e. The second kappa shape index (κ2) is 6.16.